The number of aromatic nitrogens is 1. The van der Waals surface area contributed by atoms with Crippen LogP contribution in [0.3, 0.4) is 0 Å². The first-order valence-electron chi connectivity index (χ1n) is 9.57. The van der Waals surface area contributed by atoms with Crippen molar-refractivity contribution >= 4 is 0 Å². The Bertz CT molecular complexity index is 1140. The summed E-state index contributed by atoms with van der Waals surface area (Å²) in [6.07, 6.45) is 1.27. The molecule has 0 fully saturated rings. The van der Waals surface area contributed by atoms with Gasteiger partial charge in [0.25, 0.3) is 5.56 Å². The first-order valence-corrected chi connectivity index (χ1v) is 9.57. The molecule has 1 unspecified atom stereocenters. The predicted molar refractivity (Wildman–Crippen MR) is 114 cm³/mol. The lowest BCUT2D eigenvalue weighted by Gasteiger charge is -2.20. The summed E-state index contributed by atoms with van der Waals surface area (Å²) in [6.45, 7) is 0.235. The van der Waals surface area contributed by atoms with Gasteiger partial charge in [-0.3, -0.25) is 9.36 Å². The van der Waals surface area contributed by atoms with Gasteiger partial charge >= 0.3 is 0 Å². The molecule has 4 rings (SSSR count). The fourth-order valence-electron chi connectivity index (χ4n) is 3.07. The summed E-state index contributed by atoms with van der Waals surface area (Å²) in [5.74, 6) is 0.828. The third-order valence-electron chi connectivity index (χ3n) is 4.59. The Morgan fingerprint density at radius 2 is 1.47 bits per heavy atom. The summed E-state index contributed by atoms with van der Waals surface area (Å²) in [5, 5.41) is 0. The van der Waals surface area contributed by atoms with Gasteiger partial charge in [0.05, 0.1) is 0 Å². The summed E-state index contributed by atoms with van der Waals surface area (Å²) in [7, 11) is 0. The van der Waals surface area contributed by atoms with Crippen LogP contribution in [0, 0.1) is 5.82 Å². The minimum atomic E-state index is -0.350. The topological polar surface area (TPSA) is 40.5 Å². The van der Waals surface area contributed by atoms with Crippen molar-refractivity contribution in [1.29, 1.82) is 0 Å². The summed E-state index contributed by atoms with van der Waals surface area (Å²) < 4.78 is 26.6. The molecule has 0 aliphatic carbocycles. The largest absolute Gasteiger partial charge is 0.489 e. The predicted octanol–water partition coefficient (Wildman–Crippen LogP) is 5.18. The van der Waals surface area contributed by atoms with Crippen LogP contribution in [0.25, 0.3) is 5.69 Å². The van der Waals surface area contributed by atoms with Crippen molar-refractivity contribution in [3.63, 3.8) is 0 Å². The van der Waals surface area contributed by atoms with Crippen LogP contribution in [-0.4, -0.2) is 11.2 Å². The smallest absolute Gasteiger partial charge is 0.258 e. The molecular weight excluding hydrogens is 381 g/mol. The Morgan fingerprint density at radius 1 is 0.800 bits per heavy atom. The highest BCUT2D eigenvalue weighted by atomic mass is 19.1. The second-order valence-corrected chi connectivity index (χ2v) is 6.69. The van der Waals surface area contributed by atoms with Crippen LogP contribution < -0.4 is 15.0 Å². The molecule has 0 amide bonds. The quantitative estimate of drug-likeness (QED) is 0.429. The number of pyridine rings is 1. The maximum absolute atomic E-state index is 13.1. The first kappa shape index (κ1) is 19.5. The van der Waals surface area contributed by atoms with E-state index in [1.807, 2.05) is 60.7 Å². The Labute approximate surface area is 173 Å². The van der Waals surface area contributed by atoms with E-state index in [1.165, 1.54) is 22.8 Å². The Kier molecular flexibility index (Phi) is 5.90. The Morgan fingerprint density at radius 3 is 2.13 bits per heavy atom. The maximum Gasteiger partial charge on any atom is 0.258 e. The van der Waals surface area contributed by atoms with Crippen molar-refractivity contribution in [3.05, 3.63) is 125 Å². The van der Waals surface area contributed by atoms with Gasteiger partial charge in [0.15, 0.2) is 6.10 Å². The number of halogens is 1. The molecule has 4 nitrogen and oxygen atoms in total. The SMILES string of the molecule is O=c1cc(OCC(Oc2ccccc2)c2ccccc2)ccn1-c1ccc(F)cc1. The van der Waals surface area contributed by atoms with E-state index in [0.29, 0.717) is 11.4 Å². The highest BCUT2D eigenvalue weighted by molar-refractivity contribution is 5.34. The molecule has 0 saturated heterocycles. The molecule has 0 spiro atoms. The van der Waals surface area contributed by atoms with Crippen LogP contribution in [0.1, 0.15) is 11.7 Å². The zero-order valence-corrected chi connectivity index (χ0v) is 16.1. The maximum atomic E-state index is 13.1. The van der Waals surface area contributed by atoms with Crippen molar-refractivity contribution in [3.8, 4) is 17.2 Å². The van der Waals surface area contributed by atoms with Crippen molar-refractivity contribution in [1.82, 2.24) is 4.57 Å². The van der Waals surface area contributed by atoms with Crippen LogP contribution in [0.4, 0.5) is 4.39 Å². The van der Waals surface area contributed by atoms with Crippen molar-refractivity contribution in [2.24, 2.45) is 0 Å². The van der Waals surface area contributed by atoms with E-state index < -0.39 is 0 Å². The van der Waals surface area contributed by atoms with Crippen molar-refractivity contribution in [2.75, 3.05) is 6.61 Å². The fourth-order valence-corrected chi connectivity index (χ4v) is 3.07. The van der Waals surface area contributed by atoms with Gasteiger partial charge in [-0.1, -0.05) is 48.5 Å². The molecule has 0 N–H and O–H groups in total. The van der Waals surface area contributed by atoms with Gasteiger partial charge < -0.3 is 9.47 Å². The normalized spacial score (nSPS) is 11.6. The Hall–Kier alpha value is -3.86. The molecule has 30 heavy (non-hydrogen) atoms. The number of hydrogen-bond acceptors (Lipinski definition) is 3. The van der Waals surface area contributed by atoms with Gasteiger partial charge in [0, 0.05) is 18.0 Å². The minimum Gasteiger partial charge on any atom is -0.489 e. The highest BCUT2D eigenvalue weighted by Crippen LogP contribution is 2.23. The molecule has 1 heterocycles. The van der Waals surface area contributed by atoms with Gasteiger partial charge in [-0.2, -0.15) is 0 Å². The molecule has 0 aliphatic heterocycles. The third kappa shape index (κ3) is 4.75. The van der Waals surface area contributed by atoms with Crippen LogP contribution >= 0.6 is 0 Å². The average Bonchev–Trinajstić information content (AvgIpc) is 2.79. The van der Waals surface area contributed by atoms with E-state index in [4.69, 9.17) is 9.47 Å². The minimum absolute atomic E-state index is 0.235. The zero-order valence-electron chi connectivity index (χ0n) is 16.1. The summed E-state index contributed by atoms with van der Waals surface area (Å²) in [5.41, 5.74) is 1.29. The molecule has 1 atom stereocenters. The second-order valence-electron chi connectivity index (χ2n) is 6.69. The monoisotopic (exact) mass is 401 g/mol. The molecule has 3 aromatic carbocycles. The molecule has 0 radical (unpaired) electrons. The molecular formula is C25H20FNO3. The van der Waals surface area contributed by atoms with E-state index in [9.17, 15) is 9.18 Å². The second kappa shape index (κ2) is 9.09. The van der Waals surface area contributed by atoms with Crippen LogP contribution in [0.15, 0.2) is 108 Å². The number of benzene rings is 3. The summed E-state index contributed by atoms with van der Waals surface area (Å²) in [4.78, 5) is 12.5. The molecule has 4 aromatic rings. The standard InChI is InChI=1S/C25H20FNO3/c26-20-11-13-21(14-12-20)27-16-15-23(17-25(27)28)29-18-24(19-7-3-1-4-8-19)30-22-9-5-2-6-10-22/h1-17,24H,18H2. The lowest BCUT2D eigenvalue weighted by molar-refractivity contribution is 0.129. The molecule has 5 heteroatoms. The van der Waals surface area contributed by atoms with Crippen molar-refractivity contribution < 1.29 is 13.9 Å². The molecule has 150 valence electrons. The van der Waals surface area contributed by atoms with Crippen LogP contribution in [0.2, 0.25) is 0 Å². The van der Waals surface area contributed by atoms with Crippen molar-refractivity contribution in [2.45, 2.75) is 6.10 Å². The zero-order chi connectivity index (χ0) is 20.8. The number of hydrogen-bond donors (Lipinski definition) is 0. The molecule has 0 saturated carbocycles. The molecule has 0 aliphatic rings. The summed E-state index contributed by atoms with van der Waals surface area (Å²) >= 11 is 0. The number of para-hydroxylation sites is 1. The van der Waals surface area contributed by atoms with E-state index in [0.717, 1.165) is 11.3 Å². The lowest BCUT2D eigenvalue weighted by Crippen LogP contribution is -2.19. The van der Waals surface area contributed by atoms with E-state index in [2.05, 4.69) is 0 Å². The number of nitrogens with zero attached hydrogens (tertiary/aromatic N) is 1. The summed E-state index contributed by atoms with van der Waals surface area (Å²) in [6, 6.07) is 28.2. The van der Waals surface area contributed by atoms with Gasteiger partial charge in [-0.25, -0.2) is 4.39 Å². The van der Waals surface area contributed by atoms with Gasteiger partial charge in [-0.05, 0) is 48.0 Å². The Balaban J connectivity index is 1.51. The fraction of sp³-hybridized carbons (Fsp3) is 0.0800. The highest BCUT2D eigenvalue weighted by Gasteiger charge is 2.15. The number of rotatable bonds is 7. The molecule has 1 aromatic heterocycles. The van der Waals surface area contributed by atoms with Gasteiger partial charge in [0.2, 0.25) is 0 Å². The van der Waals surface area contributed by atoms with Crippen LogP contribution in [-0.2, 0) is 0 Å². The average molecular weight is 401 g/mol. The lowest BCUT2D eigenvalue weighted by atomic mass is 10.1. The van der Waals surface area contributed by atoms with E-state index in [-0.39, 0.29) is 24.1 Å². The molecule has 0 bridgehead atoms. The first-order chi connectivity index (χ1) is 14.7. The van der Waals surface area contributed by atoms with E-state index >= 15 is 0 Å². The third-order valence-corrected chi connectivity index (χ3v) is 4.59. The van der Waals surface area contributed by atoms with Crippen LogP contribution in [0.5, 0.6) is 11.5 Å². The van der Waals surface area contributed by atoms with Gasteiger partial charge in [0.1, 0.15) is 23.9 Å². The van der Waals surface area contributed by atoms with E-state index in [1.54, 1.807) is 24.4 Å². The number of ether oxygens (including phenoxy) is 2. The van der Waals surface area contributed by atoms with Gasteiger partial charge in [-0.15, -0.1) is 0 Å².